The first-order chi connectivity index (χ1) is 21.1. The summed E-state index contributed by atoms with van der Waals surface area (Å²) in [5.41, 5.74) is 4.17. The van der Waals surface area contributed by atoms with Crippen molar-refractivity contribution in [3.63, 3.8) is 0 Å². The molecule has 12 nitrogen and oxygen atoms in total. The van der Waals surface area contributed by atoms with Gasteiger partial charge in [0, 0.05) is 54.9 Å². The first-order valence-corrected chi connectivity index (χ1v) is 14.1. The average Bonchev–Trinajstić information content (AvgIpc) is 3.23. The van der Waals surface area contributed by atoms with E-state index >= 15 is 0 Å². The number of aryl methyl sites for hydroxylation is 1. The van der Waals surface area contributed by atoms with Crippen LogP contribution in [0.15, 0.2) is 12.1 Å². The van der Waals surface area contributed by atoms with E-state index in [4.69, 9.17) is 24.8 Å². The van der Waals surface area contributed by atoms with Crippen LogP contribution in [0.4, 0.5) is 13.2 Å². The van der Waals surface area contributed by atoms with Gasteiger partial charge in [-0.3, -0.25) is 15.0 Å². The van der Waals surface area contributed by atoms with Gasteiger partial charge in [0.1, 0.15) is 23.0 Å². The van der Waals surface area contributed by atoms with Crippen molar-refractivity contribution in [2.45, 2.75) is 73.1 Å². The Hall–Kier alpha value is -4.69. The van der Waals surface area contributed by atoms with Crippen LogP contribution in [0.5, 0.6) is 11.5 Å². The lowest BCUT2D eigenvalue weighted by molar-refractivity contribution is -0.192. The maximum Gasteiger partial charge on any atom is 0.490 e. The molecule has 15 heteroatoms. The molecule has 2 heterocycles. The number of Topliss-reactive ketones (excluding diaryl/α,β-unsaturated/α-hetero) is 1. The van der Waals surface area contributed by atoms with Gasteiger partial charge < -0.3 is 29.5 Å². The number of hydrogen-bond acceptors (Lipinski definition) is 8. The number of carbonyl (C=O) groups is 4. The monoisotopic (exact) mass is 652 g/mol. The summed E-state index contributed by atoms with van der Waals surface area (Å²) in [5, 5.41) is 25.1. The van der Waals surface area contributed by atoms with Crippen molar-refractivity contribution in [1.82, 2.24) is 14.8 Å². The minimum Gasteiger partial charge on any atom is -0.492 e. The molecule has 46 heavy (non-hydrogen) atoms. The Kier molecular flexibility index (Phi) is 11.9. The fourth-order valence-electron chi connectivity index (χ4n) is 4.63. The van der Waals surface area contributed by atoms with E-state index in [0.717, 1.165) is 11.1 Å². The number of ketones is 1. The molecule has 1 amide bonds. The number of aliphatic carboxylic acids is 2. The Morgan fingerprint density at radius 1 is 1.07 bits per heavy atom. The van der Waals surface area contributed by atoms with E-state index in [0.29, 0.717) is 52.7 Å². The summed E-state index contributed by atoms with van der Waals surface area (Å²) < 4.78 is 43.2. The Bertz CT molecular complexity index is 1530. The Balaban J connectivity index is 0.000000942. The lowest BCUT2D eigenvalue weighted by Crippen LogP contribution is -2.31. The molecule has 0 spiro atoms. The van der Waals surface area contributed by atoms with Gasteiger partial charge in [0.05, 0.1) is 18.8 Å². The molecule has 1 aromatic carbocycles. The molecule has 252 valence electrons. The molecule has 2 aromatic rings. The molecule has 0 atom stereocenters. The van der Waals surface area contributed by atoms with Crippen LogP contribution in [0.2, 0.25) is 0 Å². The summed E-state index contributed by atoms with van der Waals surface area (Å²) in [6, 6.07) is 3.38. The highest BCUT2D eigenvalue weighted by atomic mass is 19.4. The number of hydrogen-bond donors (Lipinski definition) is 3. The van der Waals surface area contributed by atoms with E-state index in [1.54, 1.807) is 24.1 Å². The van der Waals surface area contributed by atoms with Gasteiger partial charge in [0.25, 0.3) is 0 Å². The van der Waals surface area contributed by atoms with E-state index in [-0.39, 0.29) is 30.6 Å². The third kappa shape index (κ3) is 9.17. The molecule has 3 N–H and O–H groups in total. The molecule has 0 radical (unpaired) electrons. The highest BCUT2D eigenvalue weighted by Gasteiger charge is 2.38. The number of fused-ring (bicyclic) bond motifs is 1. The molecule has 0 fully saturated rings. The molecule has 0 saturated carbocycles. The van der Waals surface area contributed by atoms with Crippen molar-refractivity contribution in [3.8, 4) is 11.5 Å². The summed E-state index contributed by atoms with van der Waals surface area (Å²) in [4.78, 5) is 53.6. The number of carboxylic acids is 2. The standard InChI is InChI=1S/C29H38N4O6.C2HF3O2/c1-9-38-26-16(2)21-13-33(28(30)25(21)31-17(26)3)14-23(35)19-10-20(12-32(8)18(4)34)27(39-15-24(36)37)22(11-19)29(5,6)7;3-2(4,5)1(6)7/h10-11,30H,9,12-15H2,1-8H3,(H,36,37);(H,6,7). The third-order valence-electron chi connectivity index (χ3n) is 7.02. The number of aromatic nitrogens is 1. The third-order valence-corrected chi connectivity index (χ3v) is 7.02. The van der Waals surface area contributed by atoms with Crippen LogP contribution >= 0.6 is 0 Å². The molecule has 1 aliphatic heterocycles. The van der Waals surface area contributed by atoms with E-state index in [2.05, 4.69) is 4.98 Å². The van der Waals surface area contributed by atoms with Crippen molar-refractivity contribution >= 4 is 29.5 Å². The van der Waals surface area contributed by atoms with Crippen molar-refractivity contribution in [3.05, 3.63) is 51.3 Å². The first-order valence-electron chi connectivity index (χ1n) is 14.1. The van der Waals surface area contributed by atoms with Gasteiger partial charge in [-0.1, -0.05) is 20.8 Å². The minimum atomic E-state index is -5.08. The minimum absolute atomic E-state index is 0.0431. The summed E-state index contributed by atoms with van der Waals surface area (Å²) in [5.74, 6) is -3.03. The van der Waals surface area contributed by atoms with Gasteiger partial charge in [0.15, 0.2) is 12.4 Å². The number of rotatable bonds is 10. The Labute approximate surface area is 264 Å². The van der Waals surface area contributed by atoms with Crippen LogP contribution in [-0.2, 0) is 32.9 Å². The summed E-state index contributed by atoms with van der Waals surface area (Å²) >= 11 is 0. The zero-order valence-corrected chi connectivity index (χ0v) is 27.0. The largest absolute Gasteiger partial charge is 0.492 e. The maximum atomic E-state index is 13.6. The first kappa shape index (κ1) is 37.5. The molecule has 3 rings (SSSR count). The van der Waals surface area contributed by atoms with Gasteiger partial charge >= 0.3 is 18.1 Å². The molecule has 0 aliphatic carbocycles. The zero-order valence-electron chi connectivity index (χ0n) is 27.0. The molecular weight excluding hydrogens is 613 g/mol. The second kappa shape index (κ2) is 14.6. The van der Waals surface area contributed by atoms with Gasteiger partial charge in [0.2, 0.25) is 5.91 Å². The molecule has 0 bridgehead atoms. The summed E-state index contributed by atoms with van der Waals surface area (Å²) in [6.07, 6.45) is -5.08. The predicted molar refractivity (Wildman–Crippen MR) is 161 cm³/mol. The normalized spacial score (nSPS) is 12.6. The lowest BCUT2D eigenvalue weighted by Gasteiger charge is -2.27. The van der Waals surface area contributed by atoms with E-state index in [9.17, 15) is 32.7 Å². The molecule has 1 aliphatic rings. The van der Waals surface area contributed by atoms with Crippen LogP contribution in [0, 0.1) is 19.3 Å². The number of nitrogens with one attached hydrogen (secondary N) is 1. The van der Waals surface area contributed by atoms with Gasteiger partial charge in [-0.05, 0) is 38.3 Å². The van der Waals surface area contributed by atoms with Crippen molar-refractivity contribution in [1.29, 1.82) is 5.41 Å². The Morgan fingerprint density at radius 2 is 1.65 bits per heavy atom. The van der Waals surface area contributed by atoms with E-state index < -0.39 is 30.1 Å². The summed E-state index contributed by atoms with van der Waals surface area (Å²) in [7, 11) is 1.63. The van der Waals surface area contributed by atoms with Gasteiger partial charge in [-0.25, -0.2) is 14.6 Å². The molecule has 0 unspecified atom stereocenters. The fourth-order valence-corrected chi connectivity index (χ4v) is 4.63. The molecular formula is C31H39F3N4O8. The van der Waals surface area contributed by atoms with Crippen molar-refractivity contribution in [2.75, 3.05) is 26.8 Å². The number of amides is 1. The number of carbonyl (C=O) groups excluding carboxylic acids is 2. The van der Waals surface area contributed by atoms with Crippen molar-refractivity contribution in [2.24, 2.45) is 0 Å². The molecule has 0 saturated heterocycles. The van der Waals surface area contributed by atoms with Crippen molar-refractivity contribution < 1.29 is 52.0 Å². The highest BCUT2D eigenvalue weighted by molar-refractivity contribution is 6.05. The van der Waals surface area contributed by atoms with Crippen LogP contribution in [0.1, 0.15) is 78.6 Å². The average molecular weight is 653 g/mol. The quantitative estimate of drug-likeness (QED) is 0.311. The smallest absolute Gasteiger partial charge is 0.490 e. The molecule has 1 aromatic heterocycles. The maximum absolute atomic E-state index is 13.6. The number of carboxylic acid groups (broad SMARTS) is 2. The van der Waals surface area contributed by atoms with E-state index in [1.165, 1.54) is 11.8 Å². The lowest BCUT2D eigenvalue weighted by atomic mass is 9.83. The van der Waals surface area contributed by atoms with Crippen LogP contribution in [0.3, 0.4) is 0 Å². The number of benzene rings is 1. The van der Waals surface area contributed by atoms with Gasteiger partial charge in [-0.15, -0.1) is 0 Å². The fraction of sp³-hybridized carbons (Fsp3) is 0.484. The predicted octanol–water partition coefficient (Wildman–Crippen LogP) is 4.49. The number of halogens is 3. The SMILES string of the molecule is CCOc1c(C)nc2c(c1C)CN(CC(=O)c1cc(CN(C)C(C)=O)c(OCC(=O)O)c(C(C)(C)C)c1)C2=N.O=C(O)C(F)(F)F. The second-order valence-corrected chi connectivity index (χ2v) is 11.7. The van der Waals surface area contributed by atoms with Gasteiger partial charge in [-0.2, -0.15) is 13.2 Å². The van der Waals surface area contributed by atoms with Crippen LogP contribution < -0.4 is 9.47 Å². The summed E-state index contributed by atoms with van der Waals surface area (Å²) in [6.45, 7) is 13.4. The Morgan fingerprint density at radius 3 is 2.13 bits per heavy atom. The van der Waals surface area contributed by atoms with E-state index in [1.807, 2.05) is 41.5 Å². The van der Waals surface area contributed by atoms with Crippen LogP contribution in [-0.4, -0.2) is 87.4 Å². The number of amidine groups is 1. The number of alkyl halides is 3. The zero-order chi connectivity index (χ0) is 35.3. The highest BCUT2D eigenvalue weighted by Crippen LogP contribution is 2.37. The number of nitrogens with zero attached hydrogens (tertiary/aromatic N) is 3. The van der Waals surface area contributed by atoms with Crippen LogP contribution in [0.25, 0.3) is 0 Å². The topological polar surface area (TPSA) is 170 Å². The number of ether oxygens (including phenoxy) is 2. The number of pyridine rings is 1. The second-order valence-electron chi connectivity index (χ2n) is 11.7.